The Morgan fingerprint density at radius 2 is 0.484 bits per heavy atom. The van der Waals surface area contributed by atoms with Gasteiger partial charge in [-0.3, -0.25) is 0 Å². The van der Waals surface area contributed by atoms with Crippen LogP contribution in [0.2, 0.25) is 0 Å². The molecule has 17 aromatic rings. The third kappa shape index (κ3) is 17.5. The first-order valence-electron chi connectivity index (χ1n) is 53.2. The third-order valence-corrected chi connectivity index (χ3v) is 24.7. The molecule has 3 nitrogen and oxygen atoms in total. The number of hydrogen-bond donors (Lipinski definition) is 0. The third-order valence-electron chi connectivity index (χ3n) is 24.7. The van der Waals surface area contributed by atoms with E-state index in [4.69, 9.17) is 21.9 Å². The highest BCUT2D eigenvalue weighted by Crippen LogP contribution is 2.52. The minimum absolute atomic E-state index is 0.0168. The van der Waals surface area contributed by atoms with Gasteiger partial charge >= 0.3 is 0 Å². The normalized spacial score (nSPS) is 14.7. The van der Waals surface area contributed by atoms with E-state index in [0.717, 1.165) is 116 Å². The van der Waals surface area contributed by atoms with Gasteiger partial charge in [0, 0.05) is 49.4 Å². The van der Waals surface area contributed by atoms with Crippen LogP contribution in [0, 0.1) is 20.8 Å². The lowest BCUT2D eigenvalue weighted by atomic mass is 9.78. The van der Waals surface area contributed by atoms with Crippen molar-refractivity contribution < 1.29 is 23.3 Å². The topological polar surface area (TPSA) is 14.8 Å². The van der Waals surface area contributed by atoms with Crippen LogP contribution in [-0.4, -0.2) is 13.7 Å². The maximum atomic E-state index is 9.18. The molecule has 14 aromatic carbocycles. The van der Waals surface area contributed by atoms with E-state index in [1.807, 2.05) is 54.6 Å². The highest BCUT2D eigenvalue weighted by molar-refractivity contribution is 6.21. The second-order valence-corrected chi connectivity index (χ2v) is 44.0. The Bertz CT molecular complexity index is 7880. The van der Waals surface area contributed by atoms with Crippen molar-refractivity contribution in [2.24, 2.45) is 0 Å². The highest BCUT2D eigenvalue weighted by Gasteiger charge is 2.34. The number of fused-ring (bicyclic) bond motifs is 9. The van der Waals surface area contributed by atoms with Crippen molar-refractivity contribution in [3.05, 3.63) is 351 Å². The Balaban J connectivity index is 0.000000163. The van der Waals surface area contributed by atoms with Gasteiger partial charge in [-0.15, -0.1) is 0 Å². The molecule has 3 aromatic heterocycles. The summed E-state index contributed by atoms with van der Waals surface area (Å²) in [5, 5.41) is 5.59. The van der Waals surface area contributed by atoms with Gasteiger partial charge in [0.2, 0.25) is 0 Å². The number of rotatable bonds is 8. The van der Waals surface area contributed by atoms with Gasteiger partial charge in [0.05, 0.1) is 56.4 Å². The van der Waals surface area contributed by atoms with E-state index in [0.29, 0.717) is 44.3 Å². The first kappa shape index (κ1) is 69.7. The SMILES string of the molecule is [2H]c1c([2H])c(C)c([2H])c(-c2cccc3c2c2c(C(C)(C)C)c(-c4ccccc4)ccc2n3-c2cc(C(C)(C)C)cc(C(C)(C)C)c2)c1[2H].[2H]c1c([2H])c(C)c([2H])c(-c2cccc3c2c2c(C(C)(C)C)cccc2n3-c2cc(C(C)(C)C)cc(C(C)(C)C)c2)c1[2H].[2H]c1c([2H])c([2H])c(-c2cccc3c2c2c(C(C)(C)C)c(-c4c([2H])c([2H])c([2H])c(C)c4[2H])ccc2n3-c2cc(C(C)(C)C)cc(C(C)(C)C)c2)c([2H])c1[2H]. The first-order valence-corrected chi connectivity index (χ1v) is 44.7. The summed E-state index contributed by atoms with van der Waals surface area (Å²) in [6.45, 7) is 64.8. The molecule has 0 saturated heterocycles. The van der Waals surface area contributed by atoms with Crippen molar-refractivity contribution in [3.63, 3.8) is 0 Å². The molecule has 644 valence electrons. The lowest BCUT2D eigenvalue weighted by Gasteiger charge is -2.27. The molecule has 0 radical (unpaired) electrons. The molecule has 0 saturated carbocycles. The molecule has 0 aliphatic carbocycles. The van der Waals surface area contributed by atoms with E-state index in [1.165, 1.54) is 33.4 Å². The Morgan fingerprint density at radius 3 is 0.802 bits per heavy atom. The average Bonchev–Trinajstić information content (AvgIpc) is 1.55. The fraction of sp³-hybridized carbons (Fsp3) is 0.317. The Morgan fingerprint density at radius 1 is 0.206 bits per heavy atom. The lowest BCUT2D eigenvalue weighted by molar-refractivity contribution is 0.567. The zero-order valence-corrected chi connectivity index (χ0v) is 80.2. The summed E-state index contributed by atoms with van der Waals surface area (Å²) in [4.78, 5) is 0. The minimum atomic E-state index is -0.612. The van der Waals surface area contributed by atoms with Crippen LogP contribution < -0.4 is 0 Å². The van der Waals surface area contributed by atoms with Crippen LogP contribution in [0.25, 0.3) is 138 Å². The van der Waals surface area contributed by atoms with Gasteiger partial charge in [0.1, 0.15) is 0 Å². The number of nitrogens with zero attached hydrogens (tertiary/aromatic N) is 3. The standard InChI is InChI=1S/2C43H47N.C37H43N/c1-28-16-14-19-30(24-28)34-20-15-21-36-38(34)39-37(23-22-35(40(39)43(8,9)10)29-17-12-11-13-18-29)44(36)33-26-31(41(2,3)4)25-32(27-33)42(5,6)7;1-28-16-14-19-30(24-28)35-22-23-37-39(40(35)43(8,9)10)38-34(29-17-12-11-13-18-29)20-15-21-36(38)44(37)33-26-31(41(2,3)4)25-32(27-33)42(5,6)7;1-24-14-11-15-25(20-24)29-16-12-18-31-33(29)34-30(37(8,9)10)17-13-19-32(34)38(31)28-22-26(35(2,3)4)21-27(23-28)36(5,6)7/h2*11-27H,1-10H3;11-23H,1-10H3/i14D,16D,19D,24D;11D,12D,13D,14D,16D,17D,18D,19D,24D;11D,14D,15D,20D. The molecule has 0 N–H and O–H groups in total. The zero-order chi connectivity index (χ0) is 106. The Hall–Kier alpha value is -11.5. The van der Waals surface area contributed by atoms with E-state index in [2.05, 4.69) is 322 Å². The second-order valence-electron chi connectivity index (χ2n) is 44.0. The van der Waals surface area contributed by atoms with Gasteiger partial charge in [-0.25, -0.2) is 0 Å². The van der Waals surface area contributed by atoms with Gasteiger partial charge in [-0.05, 0) is 248 Å². The second kappa shape index (κ2) is 32.7. The van der Waals surface area contributed by atoms with E-state index in [9.17, 15) is 1.37 Å². The molecule has 0 spiro atoms. The summed E-state index contributed by atoms with van der Waals surface area (Å²) in [5.74, 6) is 0. The zero-order valence-electron chi connectivity index (χ0n) is 97.2. The largest absolute Gasteiger partial charge is 0.309 e. The van der Waals surface area contributed by atoms with Crippen molar-refractivity contribution >= 4 is 65.4 Å². The predicted molar refractivity (Wildman–Crippen MR) is 552 cm³/mol. The van der Waals surface area contributed by atoms with E-state index >= 15 is 0 Å². The number of aromatic nitrogens is 3. The fourth-order valence-electron chi connectivity index (χ4n) is 18.0. The summed E-state index contributed by atoms with van der Waals surface area (Å²) < 4.78 is 156. The van der Waals surface area contributed by atoms with E-state index < -0.39 is 23.5 Å². The summed E-state index contributed by atoms with van der Waals surface area (Å²) in [6.07, 6.45) is 0. The molecule has 0 bridgehead atoms. The first-order chi connectivity index (χ1) is 66.0. The lowest BCUT2D eigenvalue weighted by Crippen LogP contribution is -2.17. The molecule has 0 aliphatic rings. The fourth-order valence-corrected chi connectivity index (χ4v) is 18.0. The van der Waals surface area contributed by atoms with Crippen molar-refractivity contribution in [1.29, 1.82) is 0 Å². The number of benzene rings is 14. The van der Waals surface area contributed by atoms with Gasteiger partial charge in [0.15, 0.2) is 0 Å². The molecular weight excluding hydrogens is 1520 g/mol. The minimum Gasteiger partial charge on any atom is -0.309 e. The summed E-state index contributed by atoms with van der Waals surface area (Å²) in [6, 6.07) is 61.1. The average molecular weight is 1670 g/mol. The van der Waals surface area contributed by atoms with Crippen molar-refractivity contribution in [2.75, 3.05) is 0 Å². The molecule has 0 aliphatic heterocycles. The summed E-state index contributed by atoms with van der Waals surface area (Å²) >= 11 is 0. The smallest absolute Gasteiger partial charge is 0.0632 e. The summed E-state index contributed by atoms with van der Waals surface area (Å²) in [5.41, 5.74) is 24.9. The van der Waals surface area contributed by atoms with Gasteiger partial charge in [-0.2, -0.15) is 0 Å². The molecule has 0 amide bonds. The molecule has 126 heavy (non-hydrogen) atoms. The van der Waals surface area contributed by atoms with E-state index in [1.54, 1.807) is 26.8 Å². The van der Waals surface area contributed by atoms with Crippen LogP contribution in [-0.2, 0) is 48.7 Å². The molecular formula is C123H137N3. The maximum absolute atomic E-state index is 9.18. The summed E-state index contributed by atoms with van der Waals surface area (Å²) in [7, 11) is 0. The van der Waals surface area contributed by atoms with Crippen LogP contribution in [0.5, 0.6) is 0 Å². The van der Waals surface area contributed by atoms with E-state index in [-0.39, 0.29) is 139 Å². The van der Waals surface area contributed by atoms with Gasteiger partial charge in [0.25, 0.3) is 0 Å². The predicted octanol–water partition coefficient (Wildman–Crippen LogP) is 35.3. The molecule has 0 atom stereocenters. The monoisotopic (exact) mass is 1670 g/mol. The maximum Gasteiger partial charge on any atom is 0.0632 e. The molecule has 0 fully saturated rings. The van der Waals surface area contributed by atoms with Crippen LogP contribution in [0.4, 0.5) is 0 Å². The van der Waals surface area contributed by atoms with Gasteiger partial charge in [-0.1, -0.05) is 416 Å². The van der Waals surface area contributed by atoms with Crippen molar-refractivity contribution in [1.82, 2.24) is 13.7 Å². The Labute approximate surface area is 778 Å². The van der Waals surface area contributed by atoms with Crippen LogP contribution in [0.15, 0.2) is 285 Å². The quantitative estimate of drug-likeness (QED) is 0.144. The molecule has 0 unspecified atom stereocenters. The van der Waals surface area contributed by atoms with Crippen LogP contribution in [0.1, 0.15) is 277 Å². The van der Waals surface area contributed by atoms with Gasteiger partial charge < -0.3 is 13.7 Å². The molecule has 3 heteroatoms. The van der Waals surface area contributed by atoms with Crippen molar-refractivity contribution in [3.8, 4) is 72.7 Å². The van der Waals surface area contributed by atoms with Crippen molar-refractivity contribution in [2.45, 2.75) is 256 Å². The van der Waals surface area contributed by atoms with Crippen LogP contribution >= 0.6 is 0 Å². The van der Waals surface area contributed by atoms with Crippen LogP contribution in [0.3, 0.4) is 0 Å². The Kier molecular flexibility index (Phi) is 18.1. The molecule has 17 rings (SSSR count). The number of hydrogen-bond acceptors (Lipinski definition) is 0. The highest BCUT2D eigenvalue weighted by atomic mass is 15.0. The molecule has 3 heterocycles.